The number of para-hydroxylation sites is 1. The van der Waals surface area contributed by atoms with Gasteiger partial charge in [0.1, 0.15) is 37.0 Å². The molecule has 1 aromatic heterocycles. The van der Waals surface area contributed by atoms with Gasteiger partial charge in [0.2, 0.25) is 6.17 Å². The molecule has 4 bridgehead atoms. The van der Waals surface area contributed by atoms with Crippen molar-refractivity contribution in [2.45, 2.75) is 39.9 Å². The maximum Gasteiger partial charge on any atom is 0.242 e. The summed E-state index contributed by atoms with van der Waals surface area (Å²) < 4.78 is 2.39. The van der Waals surface area contributed by atoms with Crippen LogP contribution in [0.1, 0.15) is 38.9 Å². The molecule has 4 heteroatoms. The molecule has 2 atom stereocenters. The first-order valence-electron chi connectivity index (χ1n) is 9.83. The Morgan fingerprint density at radius 3 is 2.44 bits per heavy atom. The molecule has 6 rings (SSSR count). The predicted octanol–water partition coefficient (Wildman–Crippen LogP) is 0.442. The van der Waals surface area contributed by atoms with Crippen molar-refractivity contribution in [2.75, 3.05) is 26.2 Å². The monoisotopic (exact) mass is 339 g/mol. The summed E-state index contributed by atoms with van der Waals surface area (Å²) in [6.45, 7) is 11.7. The number of quaternary nitrogens is 2. The van der Waals surface area contributed by atoms with Gasteiger partial charge in [0.05, 0.1) is 5.56 Å². The van der Waals surface area contributed by atoms with Crippen molar-refractivity contribution in [3.63, 3.8) is 0 Å². The van der Waals surface area contributed by atoms with Crippen LogP contribution in [0.15, 0.2) is 30.5 Å². The normalized spacial score (nSPS) is 39.5. The van der Waals surface area contributed by atoms with E-state index in [1.165, 1.54) is 16.5 Å². The summed E-state index contributed by atoms with van der Waals surface area (Å²) in [5.41, 5.74) is 2.65. The van der Waals surface area contributed by atoms with Crippen LogP contribution in [0.25, 0.3) is 10.9 Å². The first kappa shape index (κ1) is 15.6. The number of hydrogen-bond donors (Lipinski definition) is 2. The minimum absolute atomic E-state index is 0.0739. The number of ketones is 1. The number of benzene rings is 1. The molecule has 0 radical (unpaired) electrons. The van der Waals surface area contributed by atoms with Gasteiger partial charge in [0.15, 0.2) is 5.78 Å². The quantitative estimate of drug-likeness (QED) is 0.835. The lowest BCUT2D eigenvalue weighted by molar-refractivity contribution is -1.18. The van der Waals surface area contributed by atoms with E-state index in [2.05, 4.69) is 55.8 Å². The van der Waals surface area contributed by atoms with Crippen molar-refractivity contribution in [2.24, 2.45) is 10.8 Å². The van der Waals surface area contributed by atoms with E-state index in [0.717, 1.165) is 39.1 Å². The first-order chi connectivity index (χ1) is 12.0. The summed E-state index contributed by atoms with van der Waals surface area (Å²) in [5, 5.41) is 1.41. The number of fused-ring (bicyclic) bond motifs is 1. The molecule has 4 aliphatic heterocycles. The number of carbonyl (C=O) groups excluding carboxylic acids is 1. The van der Waals surface area contributed by atoms with Gasteiger partial charge in [-0.25, -0.2) is 0 Å². The molecule has 25 heavy (non-hydrogen) atoms. The Labute approximate surface area is 149 Å². The van der Waals surface area contributed by atoms with Gasteiger partial charge in [0.25, 0.3) is 0 Å². The molecule has 2 N–H and O–H groups in total. The van der Waals surface area contributed by atoms with Gasteiger partial charge in [-0.2, -0.15) is 0 Å². The van der Waals surface area contributed by atoms with Crippen LogP contribution < -0.4 is 9.80 Å². The topological polar surface area (TPSA) is 30.9 Å². The summed E-state index contributed by atoms with van der Waals surface area (Å²) in [6, 6.07) is 8.83. The van der Waals surface area contributed by atoms with Gasteiger partial charge in [-0.05, 0) is 26.3 Å². The van der Waals surface area contributed by atoms with Crippen LogP contribution in [0, 0.1) is 10.8 Å². The van der Waals surface area contributed by atoms with Gasteiger partial charge < -0.3 is 4.57 Å². The van der Waals surface area contributed by atoms with Gasteiger partial charge in [0, 0.05) is 23.6 Å². The fourth-order valence-electron chi connectivity index (χ4n) is 6.40. The molecule has 4 saturated heterocycles. The fourth-order valence-corrected chi connectivity index (χ4v) is 6.40. The molecule has 2 aromatic rings. The van der Waals surface area contributed by atoms with Crippen LogP contribution in [0.3, 0.4) is 0 Å². The molecule has 1 aromatic carbocycles. The second kappa shape index (κ2) is 4.95. The lowest BCUT2D eigenvalue weighted by atomic mass is 9.60. The van der Waals surface area contributed by atoms with Crippen LogP contribution >= 0.6 is 0 Å². The van der Waals surface area contributed by atoms with E-state index in [1.54, 1.807) is 9.80 Å². The standard InChI is InChI=1S/C21H27N3O/c1-4-21-13-23-11-20(3,19(21)25)12-24(14-21)18(23)16-10-22(5-2)17-9-7-6-8-15(16)17/h6-10,18H,4-5,11-14H2,1-3H3/p+2. The number of aromatic nitrogens is 1. The smallest absolute Gasteiger partial charge is 0.242 e. The Hall–Kier alpha value is -1.65. The molecule has 0 spiro atoms. The average molecular weight is 339 g/mol. The Morgan fingerprint density at radius 2 is 1.80 bits per heavy atom. The molecule has 4 nitrogen and oxygen atoms in total. The summed E-state index contributed by atoms with van der Waals surface area (Å²) in [6.07, 6.45) is 3.87. The van der Waals surface area contributed by atoms with Crippen LogP contribution in [0.4, 0.5) is 0 Å². The van der Waals surface area contributed by atoms with Crippen molar-refractivity contribution in [1.82, 2.24) is 4.57 Å². The zero-order valence-electron chi connectivity index (χ0n) is 15.6. The molecule has 2 unspecified atom stereocenters. The lowest BCUT2D eigenvalue weighted by Gasteiger charge is -2.59. The summed E-state index contributed by atoms with van der Waals surface area (Å²) in [7, 11) is 0. The number of piperidine rings is 2. The Kier molecular flexibility index (Phi) is 3.09. The zero-order valence-corrected chi connectivity index (χ0v) is 15.6. The molecule has 0 amide bonds. The van der Waals surface area contributed by atoms with Crippen LogP contribution in [-0.2, 0) is 11.3 Å². The number of rotatable bonds is 3. The molecule has 4 fully saturated rings. The molecule has 132 valence electrons. The van der Waals surface area contributed by atoms with E-state index in [-0.39, 0.29) is 10.8 Å². The van der Waals surface area contributed by atoms with E-state index in [9.17, 15) is 4.79 Å². The summed E-state index contributed by atoms with van der Waals surface area (Å²) in [5.74, 6) is 0.560. The maximum absolute atomic E-state index is 13.1. The molecule has 5 heterocycles. The summed E-state index contributed by atoms with van der Waals surface area (Å²) >= 11 is 0. The zero-order chi connectivity index (χ0) is 17.4. The number of nitrogens with zero attached hydrogens (tertiary/aromatic N) is 1. The minimum atomic E-state index is -0.114. The molecular weight excluding hydrogens is 310 g/mol. The highest BCUT2D eigenvalue weighted by molar-refractivity contribution is 5.92. The van der Waals surface area contributed by atoms with Gasteiger partial charge in [-0.1, -0.05) is 25.1 Å². The van der Waals surface area contributed by atoms with E-state index >= 15 is 0 Å². The molecule has 0 saturated carbocycles. The maximum atomic E-state index is 13.1. The van der Waals surface area contributed by atoms with Crippen LogP contribution in [0.5, 0.6) is 0 Å². The lowest BCUT2D eigenvalue weighted by Crippen LogP contribution is -3.41. The van der Waals surface area contributed by atoms with Gasteiger partial charge >= 0.3 is 0 Å². The number of aryl methyl sites for hydroxylation is 1. The first-order valence-corrected chi connectivity index (χ1v) is 9.83. The SMILES string of the molecule is CCn1cc(C2[NH+]3CC4(C)C[NH+]2CC(CC)(C3)C4=O)c2ccccc21. The minimum Gasteiger partial charge on any atom is -0.347 e. The van der Waals surface area contributed by atoms with E-state index in [0.29, 0.717) is 11.9 Å². The van der Waals surface area contributed by atoms with Crippen LogP contribution in [-0.4, -0.2) is 36.5 Å². The highest BCUT2D eigenvalue weighted by atomic mass is 16.1. The molecule has 0 aliphatic carbocycles. The highest BCUT2D eigenvalue weighted by Gasteiger charge is 2.69. The summed E-state index contributed by atoms with van der Waals surface area (Å²) in [4.78, 5) is 16.4. The Balaban J connectivity index is 1.63. The third-order valence-corrected chi connectivity index (χ3v) is 7.36. The van der Waals surface area contributed by atoms with Gasteiger partial charge in [-0.3, -0.25) is 14.6 Å². The Bertz CT molecular complexity index is 851. The third kappa shape index (κ3) is 1.87. The van der Waals surface area contributed by atoms with E-state index in [1.807, 2.05) is 0 Å². The molecular formula is C21H29N3O+2. The highest BCUT2D eigenvalue weighted by Crippen LogP contribution is 2.39. The van der Waals surface area contributed by atoms with Crippen LogP contribution in [0.2, 0.25) is 0 Å². The number of nitrogens with one attached hydrogen (secondary N) is 2. The second-order valence-corrected chi connectivity index (χ2v) is 8.87. The largest absolute Gasteiger partial charge is 0.347 e. The van der Waals surface area contributed by atoms with E-state index in [4.69, 9.17) is 0 Å². The van der Waals surface area contributed by atoms with Crippen molar-refractivity contribution in [3.05, 3.63) is 36.0 Å². The number of carbonyl (C=O) groups is 1. The van der Waals surface area contributed by atoms with Crippen molar-refractivity contribution in [3.8, 4) is 0 Å². The predicted molar refractivity (Wildman–Crippen MR) is 97.6 cm³/mol. The van der Waals surface area contributed by atoms with Crippen molar-refractivity contribution < 1.29 is 14.6 Å². The third-order valence-electron chi connectivity index (χ3n) is 7.36. The average Bonchev–Trinajstić information content (AvgIpc) is 2.97. The number of hydrogen-bond acceptors (Lipinski definition) is 1. The molecule has 4 aliphatic rings. The second-order valence-electron chi connectivity index (χ2n) is 8.87. The fraction of sp³-hybridized carbons (Fsp3) is 0.571. The van der Waals surface area contributed by atoms with Crippen molar-refractivity contribution in [1.29, 1.82) is 0 Å². The van der Waals surface area contributed by atoms with Crippen molar-refractivity contribution >= 4 is 16.7 Å². The number of Topliss-reactive ketones (excluding diaryl/α,β-unsaturated/α-hetero) is 1. The van der Waals surface area contributed by atoms with Gasteiger partial charge in [-0.15, -0.1) is 0 Å². The van der Waals surface area contributed by atoms with E-state index < -0.39 is 0 Å². The Morgan fingerprint density at radius 1 is 1.12 bits per heavy atom.